The molecule has 1 fully saturated rings. The first-order valence-corrected chi connectivity index (χ1v) is 36.4. The van der Waals surface area contributed by atoms with E-state index in [1.54, 1.807) is 0 Å². The van der Waals surface area contributed by atoms with Gasteiger partial charge in [-0.3, -0.25) is 0 Å². The molecule has 77 heavy (non-hydrogen) atoms. The molecule has 0 aromatic heterocycles. The van der Waals surface area contributed by atoms with Gasteiger partial charge >= 0.3 is 387 Å². The van der Waals surface area contributed by atoms with Gasteiger partial charge in [0, 0.05) is 5.56 Å². The first-order chi connectivity index (χ1) is 37.0. The van der Waals surface area contributed by atoms with E-state index in [9.17, 15) is 0 Å². The zero-order chi connectivity index (χ0) is 53.6. The van der Waals surface area contributed by atoms with Crippen LogP contribution < -0.4 is 35.6 Å². The monoisotopic (exact) mass is 1140 g/mol. The topological polar surface area (TPSA) is 24.5 Å². The van der Waals surface area contributed by atoms with Gasteiger partial charge in [0.05, 0.1) is 5.56 Å². The van der Waals surface area contributed by atoms with Crippen LogP contribution >= 0.6 is 0 Å². The maximum atomic E-state index is 7.50. The third-order valence-electron chi connectivity index (χ3n) is 16.8. The Morgan fingerprint density at radius 1 is 0.481 bits per heavy atom. The van der Waals surface area contributed by atoms with E-state index in [1.165, 1.54) is 42.8 Å². The van der Waals surface area contributed by atoms with Crippen LogP contribution in [0.3, 0.4) is 0 Å². The van der Waals surface area contributed by atoms with E-state index in [2.05, 4.69) is 290 Å². The quantitative estimate of drug-likeness (QED) is 0.0755. The second-order valence-electron chi connectivity index (χ2n) is 24.6. The van der Waals surface area contributed by atoms with E-state index in [0.29, 0.717) is 5.92 Å². The summed E-state index contributed by atoms with van der Waals surface area (Å²) in [5, 5.41) is 2.30. The molecule has 4 nitrogen and oxygen atoms in total. The Morgan fingerprint density at radius 2 is 0.870 bits per heavy atom. The van der Waals surface area contributed by atoms with Crippen LogP contribution in [0.1, 0.15) is 120 Å². The Bertz CT molecular complexity index is 3110. The summed E-state index contributed by atoms with van der Waals surface area (Å²) < 4.78 is 28.7. The molecule has 3 aliphatic heterocycles. The summed E-state index contributed by atoms with van der Waals surface area (Å²) in [5.74, 6) is 2.15. The molecule has 2 radical (unpaired) electrons. The molecule has 3 heterocycles. The second kappa shape index (κ2) is 20.9. The Balaban J connectivity index is 1.00. The van der Waals surface area contributed by atoms with Crippen molar-refractivity contribution in [1.82, 2.24) is 0 Å². The summed E-state index contributed by atoms with van der Waals surface area (Å²) in [6.45, 7) is 21.5. The van der Waals surface area contributed by atoms with E-state index in [4.69, 9.17) is 9.47 Å². The SMILES string of the molecule is Cc1cc(C(CCC[As](c2ccccc2)(c2ccccc2)c2ccccc2)CCC[As](c2ccccc2)(c2ccccc2)c2ccccc2)cc2c1OC13Oc4c(cc(C(C)(C)C)cc4C(C)(C)C)C=[N+]1C(C)(C)C[N+]3=C2. The van der Waals surface area contributed by atoms with Gasteiger partial charge in [-0.05, 0) is 22.5 Å². The van der Waals surface area contributed by atoms with Crippen LogP contribution in [-0.4, -0.2) is 66.8 Å². The molecule has 8 aromatic rings. The predicted molar refractivity (Wildman–Crippen MR) is 328 cm³/mol. The molecule has 1 unspecified atom stereocenters. The molecule has 0 amide bonds. The van der Waals surface area contributed by atoms with Gasteiger partial charge in [0.15, 0.2) is 0 Å². The van der Waals surface area contributed by atoms with Crippen molar-refractivity contribution >= 4 is 65.6 Å². The number of rotatable bonds is 15. The molecule has 0 bridgehead atoms. The number of hydrogen-bond donors (Lipinski definition) is 0. The number of aryl methyl sites for hydroxylation is 1. The molecule has 8 aromatic carbocycles. The van der Waals surface area contributed by atoms with Gasteiger partial charge in [-0.1, -0.05) is 47.6 Å². The fraction of sp³-hybridized carbons (Fsp3) is 0.296. The number of ether oxygens (including phenoxy) is 2. The van der Waals surface area contributed by atoms with Crippen LogP contribution in [0.15, 0.2) is 206 Å². The first kappa shape index (κ1) is 52.9. The third-order valence-corrected chi connectivity index (χ3v) is 35.8. The molecule has 6 heteroatoms. The van der Waals surface area contributed by atoms with Crippen LogP contribution in [0.4, 0.5) is 0 Å². The van der Waals surface area contributed by atoms with Crippen molar-refractivity contribution in [3.63, 3.8) is 0 Å². The van der Waals surface area contributed by atoms with E-state index in [1.807, 2.05) is 0 Å². The summed E-state index contributed by atoms with van der Waals surface area (Å²) in [6, 6.07) is 77.7. The molecule has 0 N–H and O–H groups in total. The molecule has 3 aliphatic rings. The molecular formula is C71H78As2N2O2+2. The van der Waals surface area contributed by atoms with Crippen molar-refractivity contribution in [1.29, 1.82) is 0 Å². The molecular weight excluding hydrogens is 1060 g/mol. The molecule has 1 spiro atoms. The third kappa shape index (κ3) is 9.82. The van der Waals surface area contributed by atoms with Crippen molar-refractivity contribution in [2.45, 2.75) is 127 Å². The van der Waals surface area contributed by atoms with Gasteiger partial charge in [0.2, 0.25) is 0 Å². The summed E-state index contributed by atoms with van der Waals surface area (Å²) in [6.07, 6.45) is 9.10. The maximum absolute atomic E-state index is 7.50. The van der Waals surface area contributed by atoms with Crippen molar-refractivity contribution in [3.05, 3.63) is 240 Å². The average molecular weight is 1140 g/mol. The number of hydrogen-bond acceptors (Lipinski definition) is 2. The van der Waals surface area contributed by atoms with Gasteiger partial charge in [0.25, 0.3) is 0 Å². The van der Waals surface area contributed by atoms with Gasteiger partial charge in [0.1, 0.15) is 0 Å². The van der Waals surface area contributed by atoms with E-state index >= 15 is 0 Å². The Morgan fingerprint density at radius 3 is 1.26 bits per heavy atom. The van der Waals surface area contributed by atoms with E-state index in [-0.39, 0.29) is 16.4 Å². The van der Waals surface area contributed by atoms with Crippen molar-refractivity contribution in [2.75, 3.05) is 6.54 Å². The van der Waals surface area contributed by atoms with Crippen LogP contribution in [-0.2, 0) is 10.8 Å². The normalized spacial score (nSPS) is 16.8. The van der Waals surface area contributed by atoms with Crippen LogP contribution in [0.5, 0.6) is 11.5 Å². The molecule has 0 aliphatic carbocycles. The van der Waals surface area contributed by atoms with E-state index in [0.717, 1.165) is 70.8 Å². The summed E-state index contributed by atoms with van der Waals surface area (Å²) >= 11 is -5.95. The zero-order valence-electron chi connectivity index (χ0n) is 46.9. The van der Waals surface area contributed by atoms with Gasteiger partial charge in [-0.15, -0.1) is 0 Å². The first-order valence-electron chi connectivity index (χ1n) is 28.1. The number of benzene rings is 8. The van der Waals surface area contributed by atoms with Crippen LogP contribution in [0.2, 0.25) is 10.4 Å². The Labute approximate surface area is 465 Å². The van der Waals surface area contributed by atoms with Crippen LogP contribution in [0, 0.1) is 6.92 Å². The fourth-order valence-electron chi connectivity index (χ4n) is 12.9. The summed E-state index contributed by atoms with van der Waals surface area (Å²) in [4.78, 5) is 0. The zero-order valence-corrected chi connectivity index (χ0v) is 50.7. The minimum absolute atomic E-state index is 0.0142. The molecule has 392 valence electrons. The second-order valence-corrected chi connectivity index (χ2v) is 39.8. The Hall–Kier alpha value is -6.18. The standard InChI is InChI=1S/C71H78As2N2O2/c1-53-46-55(47-56-50-74-52-70(8,9)75-51-57-48-58(68(2,3)4)49-65(69(5,6)7)67(57)77-71(74,75)76-66(53)56)54(30-28-44-72(59-32-16-10-17-33-59,60-34-18-11-19-35-60)61-36-20-12-21-37-61)31-29-45-73(62-38-22-13-23-39-62,63-40-24-14-25-41-63)64-42-26-15-27-43-64/h10-27,32-43,46-51,54H,28-31,44-45,52H2,1-9H3/q+2. The van der Waals surface area contributed by atoms with E-state index < -0.39 is 33.1 Å². The van der Waals surface area contributed by atoms with Crippen molar-refractivity contribution in [3.8, 4) is 11.5 Å². The van der Waals surface area contributed by atoms with Gasteiger partial charge in [-0.2, -0.15) is 0 Å². The van der Waals surface area contributed by atoms with Gasteiger partial charge < -0.3 is 0 Å². The molecule has 1 atom stereocenters. The van der Waals surface area contributed by atoms with Crippen molar-refractivity contribution in [2.24, 2.45) is 0 Å². The fourth-order valence-corrected chi connectivity index (χ4v) is 31.2. The van der Waals surface area contributed by atoms with Crippen molar-refractivity contribution < 1.29 is 18.6 Å². The number of fused-ring (bicyclic) bond motifs is 2. The summed E-state index contributed by atoms with van der Waals surface area (Å²) in [5.41, 5.74) is 6.89. The number of nitrogens with zero attached hydrogens (tertiary/aromatic N) is 2. The van der Waals surface area contributed by atoms with Gasteiger partial charge in [-0.25, -0.2) is 0 Å². The van der Waals surface area contributed by atoms with Crippen LogP contribution in [0.25, 0.3) is 0 Å². The Kier molecular flexibility index (Phi) is 14.3. The predicted octanol–water partition coefficient (Wildman–Crippen LogP) is 12.3. The molecule has 0 saturated carbocycles. The molecule has 1 saturated heterocycles. The average Bonchev–Trinajstić information content (AvgIpc) is 3.78. The minimum atomic E-state index is -2.97. The molecule has 11 rings (SSSR count). The summed E-state index contributed by atoms with van der Waals surface area (Å²) in [7, 11) is 0.